The maximum Gasteiger partial charge on any atom is 0.233 e. The van der Waals surface area contributed by atoms with Crippen LogP contribution in [0.1, 0.15) is 16.7 Å². The molecule has 0 spiro atoms. The lowest BCUT2D eigenvalue weighted by Crippen LogP contribution is -2.32. The summed E-state index contributed by atoms with van der Waals surface area (Å²) in [7, 11) is 0. The van der Waals surface area contributed by atoms with E-state index in [0.717, 1.165) is 22.0 Å². The number of carbonyl (C=O) groups excluding carboxylic acids is 1. The topological polar surface area (TPSA) is 61.9 Å². The zero-order valence-electron chi connectivity index (χ0n) is 16.3. The first-order valence-corrected chi connectivity index (χ1v) is 10.2. The molecular weight excluding hydrogens is 380 g/mol. The second-order valence-electron chi connectivity index (χ2n) is 6.53. The highest BCUT2D eigenvalue weighted by Gasteiger charge is 2.16. The van der Waals surface area contributed by atoms with E-state index in [2.05, 4.69) is 30.6 Å². The van der Waals surface area contributed by atoms with Crippen LogP contribution in [0.3, 0.4) is 0 Å². The van der Waals surface area contributed by atoms with Crippen molar-refractivity contribution in [1.82, 2.24) is 14.5 Å². The largest absolute Gasteiger partial charge is 0.334 e. The van der Waals surface area contributed by atoms with E-state index in [9.17, 15) is 4.79 Å². The SMILES string of the molecule is C=CCN(Cc1ccc(C#N)cc1)C(=O)CSc1nccn1-c1ccccc1C. The predicted octanol–water partition coefficient (Wildman–Crippen LogP) is 4.36. The number of aromatic nitrogens is 2. The summed E-state index contributed by atoms with van der Waals surface area (Å²) < 4.78 is 2.01. The summed E-state index contributed by atoms with van der Waals surface area (Å²) in [5.41, 5.74) is 3.79. The van der Waals surface area contributed by atoms with Gasteiger partial charge < -0.3 is 4.90 Å². The number of thioether (sulfide) groups is 1. The van der Waals surface area contributed by atoms with Crippen LogP contribution in [0.15, 0.2) is 78.7 Å². The molecule has 0 fully saturated rings. The highest BCUT2D eigenvalue weighted by molar-refractivity contribution is 7.99. The Morgan fingerprint density at radius 2 is 2.03 bits per heavy atom. The molecule has 0 aliphatic carbocycles. The molecule has 0 unspecified atom stereocenters. The van der Waals surface area contributed by atoms with E-state index in [1.807, 2.05) is 41.1 Å². The van der Waals surface area contributed by atoms with E-state index in [0.29, 0.717) is 18.7 Å². The third-order valence-electron chi connectivity index (χ3n) is 4.47. The maximum atomic E-state index is 12.8. The summed E-state index contributed by atoms with van der Waals surface area (Å²) in [5.74, 6) is 0.297. The van der Waals surface area contributed by atoms with Crippen LogP contribution in [0.4, 0.5) is 0 Å². The van der Waals surface area contributed by atoms with Crippen molar-refractivity contribution in [2.45, 2.75) is 18.6 Å². The number of nitriles is 1. The zero-order valence-corrected chi connectivity index (χ0v) is 17.1. The second-order valence-corrected chi connectivity index (χ2v) is 7.47. The molecule has 0 atom stereocenters. The smallest absolute Gasteiger partial charge is 0.233 e. The number of carbonyl (C=O) groups is 1. The highest BCUT2D eigenvalue weighted by Crippen LogP contribution is 2.23. The quantitative estimate of drug-likeness (QED) is 0.415. The monoisotopic (exact) mass is 402 g/mol. The average Bonchev–Trinajstić information content (AvgIpc) is 3.21. The van der Waals surface area contributed by atoms with Gasteiger partial charge in [0.1, 0.15) is 0 Å². The lowest BCUT2D eigenvalue weighted by Gasteiger charge is -2.21. The zero-order chi connectivity index (χ0) is 20.6. The van der Waals surface area contributed by atoms with Crippen molar-refractivity contribution in [2.75, 3.05) is 12.3 Å². The molecule has 2 aromatic carbocycles. The first-order chi connectivity index (χ1) is 14.1. The molecule has 0 bridgehead atoms. The predicted molar refractivity (Wildman–Crippen MR) is 116 cm³/mol. The van der Waals surface area contributed by atoms with Crippen LogP contribution in [-0.2, 0) is 11.3 Å². The van der Waals surface area contributed by atoms with Gasteiger partial charge in [0.15, 0.2) is 5.16 Å². The number of nitrogens with zero attached hydrogens (tertiary/aromatic N) is 4. The van der Waals surface area contributed by atoms with E-state index in [4.69, 9.17) is 5.26 Å². The van der Waals surface area contributed by atoms with Crippen LogP contribution >= 0.6 is 11.8 Å². The van der Waals surface area contributed by atoms with E-state index < -0.39 is 0 Å². The minimum absolute atomic E-state index is 0.0126. The Morgan fingerprint density at radius 3 is 2.72 bits per heavy atom. The summed E-state index contributed by atoms with van der Waals surface area (Å²) in [4.78, 5) is 19.0. The lowest BCUT2D eigenvalue weighted by molar-refractivity contribution is -0.128. The number of aryl methyl sites for hydroxylation is 1. The number of benzene rings is 2. The van der Waals surface area contributed by atoms with Gasteiger partial charge in [-0.3, -0.25) is 9.36 Å². The second kappa shape index (κ2) is 9.76. The fourth-order valence-corrected chi connectivity index (χ4v) is 3.82. The number of amides is 1. The molecule has 3 aromatic rings. The Morgan fingerprint density at radius 1 is 1.28 bits per heavy atom. The number of para-hydroxylation sites is 1. The molecule has 0 saturated heterocycles. The molecule has 1 heterocycles. The molecule has 5 nitrogen and oxygen atoms in total. The Hall–Kier alpha value is -3.30. The lowest BCUT2D eigenvalue weighted by atomic mass is 10.1. The number of hydrogen-bond acceptors (Lipinski definition) is 4. The fourth-order valence-electron chi connectivity index (χ4n) is 2.95. The molecule has 1 amide bonds. The number of rotatable bonds is 8. The van der Waals surface area contributed by atoms with Crippen molar-refractivity contribution < 1.29 is 4.79 Å². The van der Waals surface area contributed by atoms with Crippen LogP contribution in [0.25, 0.3) is 5.69 Å². The Balaban J connectivity index is 1.68. The molecule has 146 valence electrons. The van der Waals surface area contributed by atoms with Gasteiger partial charge in [-0.2, -0.15) is 5.26 Å². The van der Waals surface area contributed by atoms with Gasteiger partial charge in [-0.25, -0.2) is 4.98 Å². The molecule has 3 rings (SSSR count). The Kier molecular flexibility index (Phi) is 6.88. The van der Waals surface area contributed by atoms with Crippen molar-refractivity contribution in [3.8, 4) is 11.8 Å². The van der Waals surface area contributed by atoms with E-state index in [-0.39, 0.29) is 11.7 Å². The van der Waals surface area contributed by atoms with E-state index in [1.54, 1.807) is 29.3 Å². The summed E-state index contributed by atoms with van der Waals surface area (Å²) in [6.45, 7) is 6.76. The molecule has 0 radical (unpaired) electrons. The molecule has 0 saturated carbocycles. The molecule has 1 aromatic heterocycles. The highest BCUT2D eigenvalue weighted by atomic mass is 32.2. The van der Waals surface area contributed by atoms with Gasteiger partial charge in [0.05, 0.1) is 23.1 Å². The maximum absolute atomic E-state index is 12.8. The number of imidazole rings is 1. The van der Waals surface area contributed by atoms with Gasteiger partial charge in [-0.05, 0) is 36.2 Å². The van der Waals surface area contributed by atoms with Crippen molar-refractivity contribution in [3.05, 3.63) is 90.3 Å². The third kappa shape index (κ3) is 5.15. The number of hydrogen-bond donors (Lipinski definition) is 0. The van der Waals surface area contributed by atoms with Crippen LogP contribution < -0.4 is 0 Å². The van der Waals surface area contributed by atoms with Crippen molar-refractivity contribution >= 4 is 17.7 Å². The van der Waals surface area contributed by atoms with Gasteiger partial charge in [0, 0.05) is 25.5 Å². The molecule has 0 aliphatic rings. The summed E-state index contributed by atoms with van der Waals surface area (Å²) in [6, 6.07) is 17.5. The van der Waals surface area contributed by atoms with Crippen molar-refractivity contribution in [1.29, 1.82) is 5.26 Å². The van der Waals surface area contributed by atoms with E-state index in [1.165, 1.54) is 11.8 Å². The molecule has 29 heavy (non-hydrogen) atoms. The van der Waals surface area contributed by atoms with Crippen molar-refractivity contribution in [2.24, 2.45) is 0 Å². The van der Waals surface area contributed by atoms with Crippen LogP contribution in [0.5, 0.6) is 0 Å². The van der Waals surface area contributed by atoms with Gasteiger partial charge in [0.2, 0.25) is 5.91 Å². The summed E-state index contributed by atoms with van der Waals surface area (Å²) in [6.07, 6.45) is 5.38. The minimum atomic E-state index is 0.0126. The fraction of sp³-hybridized carbons (Fsp3) is 0.174. The Bertz CT molecular complexity index is 1030. The van der Waals surface area contributed by atoms with Gasteiger partial charge in [-0.1, -0.05) is 48.2 Å². The molecule has 0 N–H and O–H groups in total. The van der Waals surface area contributed by atoms with Gasteiger partial charge in [-0.15, -0.1) is 6.58 Å². The Labute approximate surface area is 175 Å². The summed E-state index contributed by atoms with van der Waals surface area (Å²) in [5, 5.41) is 9.71. The van der Waals surface area contributed by atoms with Crippen molar-refractivity contribution in [3.63, 3.8) is 0 Å². The third-order valence-corrected chi connectivity index (χ3v) is 5.42. The van der Waals surface area contributed by atoms with Gasteiger partial charge >= 0.3 is 0 Å². The van der Waals surface area contributed by atoms with Crippen LogP contribution in [0, 0.1) is 18.3 Å². The standard InChI is InChI=1S/C23H22N4OS/c1-3-13-26(16-20-10-8-19(15-24)9-11-20)22(28)17-29-23-25-12-14-27(23)21-7-5-4-6-18(21)2/h3-12,14H,1,13,16-17H2,2H3. The molecule has 0 aliphatic heterocycles. The first-order valence-electron chi connectivity index (χ1n) is 9.22. The molecule has 6 heteroatoms. The average molecular weight is 403 g/mol. The van der Waals surface area contributed by atoms with E-state index >= 15 is 0 Å². The van der Waals surface area contributed by atoms with Crippen LogP contribution in [-0.4, -0.2) is 32.7 Å². The first kappa shape index (κ1) is 20.4. The normalized spacial score (nSPS) is 10.3. The molecular formula is C23H22N4OS. The van der Waals surface area contributed by atoms with Gasteiger partial charge in [0.25, 0.3) is 0 Å². The van der Waals surface area contributed by atoms with Crippen LogP contribution in [0.2, 0.25) is 0 Å². The summed E-state index contributed by atoms with van der Waals surface area (Å²) >= 11 is 1.42. The minimum Gasteiger partial charge on any atom is -0.334 e.